The molecule has 0 aliphatic rings. The first kappa shape index (κ1) is 10.3. The molecule has 5 heteroatoms. The first-order chi connectivity index (χ1) is 6.52. The van der Waals surface area contributed by atoms with Crippen LogP contribution in [0.4, 0.5) is 0 Å². The first-order valence-electron chi connectivity index (χ1n) is 4.03. The predicted molar refractivity (Wildman–Crippen MR) is 48.0 cm³/mol. The lowest BCUT2D eigenvalue weighted by molar-refractivity contribution is -0.137. The fourth-order valence-electron chi connectivity index (χ4n) is 1.09. The fraction of sp³-hybridized carbons (Fsp3) is 0.333. The van der Waals surface area contributed by atoms with Crippen molar-refractivity contribution >= 4 is 11.9 Å². The number of rotatable bonds is 3. The molecule has 0 aliphatic heterocycles. The van der Waals surface area contributed by atoms with E-state index in [2.05, 4.69) is 0 Å². The Morgan fingerprint density at radius 2 is 2.21 bits per heavy atom. The molecule has 0 atom stereocenters. The number of carboxylic acid groups (broad SMARTS) is 1. The minimum Gasteiger partial charge on any atom is -0.480 e. The van der Waals surface area contributed by atoms with Gasteiger partial charge in [0.25, 0.3) is 5.91 Å². The van der Waals surface area contributed by atoms with E-state index in [0.717, 1.165) is 4.90 Å². The van der Waals surface area contributed by atoms with Crippen LogP contribution in [-0.2, 0) is 4.79 Å². The van der Waals surface area contributed by atoms with Crippen LogP contribution in [0.2, 0.25) is 0 Å². The zero-order valence-corrected chi connectivity index (χ0v) is 7.98. The molecule has 0 bridgehead atoms. The average Bonchev–Trinajstić information content (AvgIpc) is 2.48. The van der Waals surface area contributed by atoms with Gasteiger partial charge in [-0.15, -0.1) is 0 Å². The van der Waals surface area contributed by atoms with Crippen LogP contribution in [0.3, 0.4) is 0 Å². The van der Waals surface area contributed by atoms with Crippen molar-refractivity contribution in [2.24, 2.45) is 0 Å². The third-order valence-corrected chi connectivity index (χ3v) is 1.81. The van der Waals surface area contributed by atoms with Gasteiger partial charge < -0.3 is 14.4 Å². The second-order valence-corrected chi connectivity index (χ2v) is 2.95. The highest BCUT2D eigenvalue weighted by Crippen LogP contribution is 2.10. The van der Waals surface area contributed by atoms with E-state index < -0.39 is 5.97 Å². The van der Waals surface area contributed by atoms with Crippen LogP contribution in [0.5, 0.6) is 0 Å². The van der Waals surface area contributed by atoms with Gasteiger partial charge in [0.2, 0.25) is 0 Å². The molecular formula is C9H11NO4. The van der Waals surface area contributed by atoms with Gasteiger partial charge in [0, 0.05) is 7.05 Å². The maximum atomic E-state index is 11.6. The van der Waals surface area contributed by atoms with Crippen molar-refractivity contribution < 1.29 is 19.1 Å². The van der Waals surface area contributed by atoms with E-state index in [4.69, 9.17) is 9.52 Å². The number of carbonyl (C=O) groups excluding carboxylic acids is 1. The number of carbonyl (C=O) groups is 2. The second kappa shape index (κ2) is 3.95. The number of hydrogen-bond acceptors (Lipinski definition) is 3. The minimum atomic E-state index is -1.04. The minimum absolute atomic E-state index is 0.316. The maximum absolute atomic E-state index is 11.6. The molecule has 0 fully saturated rings. The molecule has 0 saturated carbocycles. The van der Waals surface area contributed by atoms with Crippen LogP contribution >= 0.6 is 0 Å². The Hall–Kier alpha value is -1.78. The number of hydrogen-bond donors (Lipinski definition) is 1. The number of carboxylic acids is 1. The number of furan rings is 1. The van der Waals surface area contributed by atoms with Crippen molar-refractivity contribution in [1.29, 1.82) is 0 Å². The molecule has 0 spiro atoms. The Morgan fingerprint density at radius 1 is 1.57 bits per heavy atom. The SMILES string of the molecule is Cc1occc1C(=O)N(C)CC(=O)O. The van der Waals surface area contributed by atoms with E-state index in [1.165, 1.54) is 19.4 Å². The van der Waals surface area contributed by atoms with Crippen LogP contribution in [0, 0.1) is 6.92 Å². The third-order valence-electron chi connectivity index (χ3n) is 1.81. The van der Waals surface area contributed by atoms with Crippen LogP contribution in [0.1, 0.15) is 16.1 Å². The largest absolute Gasteiger partial charge is 0.480 e. The normalized spacial score (nSPS) is 9.86. The zero-order valence-electron chi connectivity index (χ0n) is 7.98. The molecule has 1 rings (SSSR count). The highest BCUT2D eigenvalue weighted by atomic mass is 16.4. The summed E-state index contributed by atoms with van der Waals surface area (Å²) in [5, 5.41) is 8.48. The van der Waals surface area contributed by atoms with Gasteiger partial charge in [0.15, 0.2) is 0 Å². The standard InChI is InChI=1S/C9H11NO4/c1-6-7(3-4-14-6)9(13)10(2)5-8(11)12/h3-4H,5H2,1-2H3,(H,11,12). The van der Waals surface area contributed by atoms with E-state index in [1.54, 1.807) is 6.92 Å². The lowest BCUT2D eigenvalue weighted by atomic mass is 10.2. The van der Waals surface area contributed by atoms with E-state index in [0.29, 0.717) is 11.3 Å². The van der Waals surface area contributed by atoms with Crippen molar-refractivity contribution in [3.8, 4) is 0 Å². The van der Waals surface area contributed by atoms with Crippen molar-refractivity contribution in [3.63, 3.8) is 0 Å². The molecule has 1 aromatic rings. The number of aliphatic carboxylic acids is 1. The van der Waals surface area contributed by atoms with Gasteiger partial charge in [0.05, 0.1) is 11.8 Å². The lowest BCUT2D eigenvalue weighted by Gasteiger charge is -2.13. The van der Waals surface area contributed by atoms with Gasteiger partial charge in [0.1, 0.15) is 12.3 Å². The number of aryl methyl sites for hydroxylation is 1. The van der Waals surface area contributed by atoms with Gasteiger partial charge in [-0.05, 0) is 13.0 Å². The van der Waals surface area contributed by atoms with Crippen molar-refractivity contribution in [1.82, 2.24) is 4.90 Å². The summed E-state index contributed by atoms with van der Waals surface area (Å²) in [4.78, 5) is 23.0. The topological polar surface area (TPSA) is 70.8 Å². The van der Waals surface area contributed by atoms with Crippen LogP contribution in [-0.4, -0.2) is 35.5 Å². The molecule has 0 aliphatic carbocycles. The Balaban J connectivity index is 2.76. The smallest absolute Gasteiger partial charge is 0.323 e. The summed E-state index contributed by atoms with van der Waals surface area (Å²) < 4.78 is 4.95. The molecule has 0 unspecified atom stereocenters. The predicted octanol–water partition coefficient (Wildman–Crippen LogP) is 0.745. The molecule has 1 N–H and O–H groups in total. The Labute approximate surface area is 80.9 Å². The molecular weight excluding hydrogens is 186 g/mol. The van der Waals surface area contributed by atoms with Gasteiger partial charge >= 0.3 is 5.97 Å². The Kier molecular flexibility index (Phi) is 2.91. The van der Waals surface area contributed by atoms with Crippen LogP contribution in [0.15, 0.2) is 16.7 Å². The fourth-order valence-corrected chi connectivity index (χ4v) is 1.09. The van der Waals surface area contributed by atoms with E-state index in [9.17, 15) is 9.59 Å². The second-order valence-electron chi connectivity index (χ2n) is 2.95. The third kappa shape index (κ3) is 2.12. The van der Waals surface area contributed by atoms with E-state index in [1.807, 2.05) is 0 Å². The Bertz CT molecular complexity index is 355. The zero-order chi connectivity index (χ0) is 10.7. The molecule has 0 saturated heterocycles. The average molecular weight is 197 g/mol. The number of nitrogens with zero attached hydrogens (tertiary/aromatic N) is 1. The van der Waals surface area contributed by atoms with E-state index >= 15 is 0 Å². The summed E-state index contributed by atoms with van der Waals surface area (Å²) in [7, 11) is 1.43. The van der Waals surface area contributed by atoms with Crippen LogP contribution < -0.4 is 0 Å². The molecule has 1 amide bonds. The maximum Gasteiger partial charge on any atom is 0.323 e. The monoisotopic (exact) mass is 197 g/mol. The summed E-state index contributed by atoms with van der Waals surface area (Å²) >= 11 is 0. The van der Waals surface area contributed by atoms with Crippen LogP contribution in [0.25, 0.3) is 0 Å². The highest BCUT2D eigenvalue weighted by Gasteiger charge is 2.17. The molecule has 0 aromatic carbocycles. The van der Waals surface area contributed by atoms with Crippen molar-refractivity contribution in [2.75, 3.05) is 13.6 Å². The molecule has 5 nitrogen and oxygen atoms in total. The molecule has 14 heavy (non-hydrogen) atoms. The van der Waals surface area contributed by atoms with Gasteiger partial charge in [-0.1, -0.05) is 0 Å². The molecule has 1 heterocycles. The molecule has 0 radical (unpaired) electrons. The van der Waals surface area contributed by atoms with Gasteiger partial charge in [-0.3, -0.25) is 9.59 Å². The molecule has 76 valence electrons. The summed E-state index contributed by atoms with van der Waals surface area (Å²) in [6, 6.07) is 1.52. The molecule has 1 aromatic heterocycles. The van der Waals surface area contributed by atoms with E-state index in [-0.39, 0.29) is 12.5 Å². The lowest BCUT2D eigenvalue weighted by Crippen LogP contribution is -2.32. The number of amides is 1. The summed E-state index contributed by atoms with van der Waals surface area (Å²) in [5.74, 6) is -0.895. The van der Waals surface area contributed by atoms with Crippen molar-refractivity contribution in [3.05, 3.63) is 23.7 Å². The summed E-state index contributed by atoms with van der Waals surface area (Å²) in [6.45, 7) is 1.34. The number of likely N-dealkylation sites (N-methyl/N-ethyl adjacent to an activating group) is 1. The van der Waals surface area contributed by atoms with Gasteiger partial charge in [-0.25, -0.2) is 0 Å². The highest BCUT2D eigenvalue weighted by molar-refractivity contribution is 5.96. The van der Waals surface area contributed by atoms with Gasteiger partial charge in [-0.2, -0.15) is 0 Å². The quantitative estimate of drug-likeness (QED) is 0.775. The summed E-state index contributed by atoms with van der Waals surface area (Å²) in [5.41, 5.74) is 0.397. The van der Waals surface area contributed by atoms with Crippen molar-refractivity contribution in [2.45, 2.75) is 6.92 Å². The summed E-state index contributed by atoms with van der Waals surface area (Å²) in [6.07, 6.45) is 1.40. The Morgan fingerprint density at radius 3 is 2.64 bits per heavy atom. The first-order valence-corrected chi connectivity index (χ1v) is 4.03.